The zero-order chi connectivity index (χ0) is 19.4. The number of halogens is 1. The Kier molecular flexibility index (Phi) is 13.4. The highest BCUT2D eigenvalue weighted by molar-refractivity contribution is 14.0. The molecule has 0 saturated carbocycles. The highest BCUT2D eigenvalue weighted by Crippen LogP contribution is 2.09. The minimum Gasteiger partial charge on any atom is -0.357 e. The number of rotatable bonds is 11. The van der Waals surface area contributed by atoms with Crippen molar-refractivity contribution < 1.29 is 8.42 Å². The molecule has 0 aliphatic heterocycles. The normalized spacial score (nSPS) is 11.6. The van der Waals surface area contributed by atoms with E-state index in [4.69, 9.17) is 4.99 Å². The molecule has 0 unspecified atom stereocenters. The number of hydrogen-bond acceptors (Lipinski definition) is 3. The van der Waals surface area contributed by atoms with Crippen LogP contribution in [0.1, 0.15) is 43.7 Å². The molecule has 0 bridgehead atoms. The number of benzene rings is 1. The third-order valence-electron chi connectivity index (χ3n) is 3.96. The van der Waals surface area contributed by atoms with Crippen LogP contribution in [0.2, 0.25) is 0 Å². The van der Waals surface area contributed by atoms with Crippen LogP contribution in [0.25, 0.3) is 0 Å². The smallest absolute Gasteiger partial charge is 0.193 e. The first-order valence-corrected chi connectivity index (χ1v) is 11.3. The van der Waals surface area contributed by atoms with Crippen molar-refractivity contribution in [2.24, 2.45) is 4.99 Å². The molecule has 27 heavy (non-hydrogen) atoms. The SMILES string of the molecule is C=CCCCCCN(C)C(=NCc1ccc(CS(C)(=O)=O)cc1)NCC.I. The summed E-state index contributed by atoms with van der Waals surface area (Å²) in [4.78, 5) is 6.86. The average Bonchev–Trinajstić information content (AvgIpc) is 2.58. The Labute approximate surface area is 182 Å². The van der Waals surface area contributed by atoms with Crippen molar-refractivity contribution in [3.05, 3.63) is 48.0 Å². The minimum absolute atomic E-state index is 0. The molecule has 0 radical (unpaired) electrons. The van der Waals surface area contributed by atoms with E-state index < -0.39 is 9.84 Å². The van der Waals surface area contributed by atoms with E-state index in [2.05, 4.69) is 30.8 Å². The highest BCUT2D eigenvalue weighted by Gasteiger charge is 2.06. The van der Waals surface area contributed by atoms with Crippen LogP contribution < -0.4 is 5.32 Å². The summed E-state index contributed by atoms with van der Waals surface area (Å²) in [5.74, 6) is 0.977. The molecular formula is C20H34IN3O2S. The van der Waals surface area contributed by atoms with Gasteiger partial charge in [-0.2, -0.15) is 0 Å². The van der Waals surface area contributed by atoms with Gasteiger partial charge in [-0.3, -0.25) is 0 Å². The lowest BCUT2D eigenvalue weighted by atomic mass is 10.1. The lowest BCUT2D eigenvalue weighted by molar-refractivity contribution is 0.455. The van der Waals surface area contributed by atoms with Crippen LogP contribution in [0.4, 0.5) is 0 Å². The lowest BCUT2D eigenvalue weighted by Gasteiger charge is -2.22. The molecule has 0 aliphatic carbocycles. The summed E-state index contributed by atoms with van der Waals surface area (Å²) < 4.78 is 22.7. The molecular weight excluding hydrogens is 473 g/mol. The van der Waals surface area contributed by atoms with Crippen molar-refractivity contribution in [2.75, 3.05) is 26.4 Å². The maximum atomic E-state index is 11.4. The Morgan fingerprint density at radius 2 is 1.81 bits per heavy atom. The summed E-state index contributed by atoms with van der Waals surface area (Å²) in [7, 11) is -0.939. The van der Waals surface area contributed by atoms with Crippen LogP contribution in [0.15, 0.2) is 41.9 Å². The number of allylic oxidation sites excluding steroid dienone is 1. The van der Waals surface area contributed by atoms with Crippen LogP contribution in [0, 0.1) is 0 Å². The van der Waals surface area contributed by atoms with Gasteiger partial charge in [0.05, 0.1) is 12.3 Å². The number of guanidine groups is 1. The van der Waals surface area contributed by atoms with Gasteiger partial charge in [0.15, 0.2) is 15.8 Å². The largest absolute Gasteiger partial charge is 0.357 e. The van der Waals surface area contributed by atoms with Crippen molar-refractivity contribution in [1.29, 1.82) is 0 Å². The average molecular weight is 507 g/mol. The molecule has 0 spiro atoms. The molecule has 154 valence electrons. The standard InChI is InChI=1S/C20H33N3O2S.HI/c1-5-7-8-9-10-15-23(3)20(21-6-2)22-16-18-11-13-19(14-12-18)17-26(4,24)25;/h5,11-14H,1,6-10,15-17H2,2-4H3,(H,21,22);1H. The van der Waals surface area contributed by atoms with E-state index in [0.29, 0.717) is 6.54 Å². The van der Waals surface area contributed by atoms with E-state index in [9.17, 15) is 8.42 Å². The highest BCUT2D eigenvalue weighted by atomic mass is 127. The quantitative estimate of drug-likeness (QED) is 0.162. The molecule has 0 atom stereocenters. The monoisotopic (exact) mass is 507 g/mol. The summed E-state index contributed by atoms with van der Waals surface area (Å²) in [6.45, 7) is 8.18. The van der Waals surface area contributed by atoms with Gasteiger partial charge < -0.3 is 10.2 Å². The van der Waals surface area contributed by atoms with Crippen molar-refractivity contribution in [3.8, 4) is 0 Å². The van der Waals surface area contributed by atoms with Gasteiger partial charge in [0, 0.05) is 26.4 Å². The number of sulfone groups is 1. The van der Waals surface area contributed by atoms with Gasteiger partial charge in [-0.15, -0.1) is 30.6 Å². The molecule has 0 heterocycles. The first-order chi connectivity index (χ1) is 12.4. The zero-order valence-corrected chi connectivity index (χ0v) is 19.9. The second-order valence-electron chi connectivity index (χ2n) is 6.62. The molecule has 1 aromatic rings. The number of nitrogens with zero attached hydrogens (tertiary/aromatic N) is 2. The predicted molar refractivity (Wildman–Crippen MR) is 127 cm³/mol. The Morgan fingerprint density at radius 1 is 1.19 bits per heavy atom. The van der Waals surface area contributed by atoms with E-state index >= 15 is 0 Å². The van der Waals surface area contributed by atoms with Gasteiger partial charge in [-0.05, 0) is 37.3 Å². The fourth-order valence-corrected chi connectivity index (χ4v) is 3.40. The van der Waals surface area contributed by atoms with Gasteiger partial charge in [-0.1, -0.05) is 36.8 Å². The van der Waals surface area contributed by atoms with Gasteiger partial charge in [0.2, 0.25) is 0 Å². The number of unbranched alkanes of at least 4 members (excludes halogenated alkanes) is 3. The van der Waals surface area contributed by atoms with Crippen LogP contribution >= 0.6 is 24.0 Å². The van der Waals surface area contributed by atoms with E-state index in [0.717, 1.165) is 43.0 Å². The van der Waals surface area contributed by atoms with E-state index in [-0.39, 0.29) is 29.7 Å². The van der Waals surface area contributed by atoms with Gasteiger partial charge >= 0.3 is 0 Å². The molecule has 0 fully saturated rings. The van der Waals surface area contributed by atoms with Crippen LogP contribution in [-0.4, -0.2) is 45.7 Å². The maximum Gasteiger partial charge on any atom is 0.193 e. The molecule has 7 heteroatoms. The third-order valence-corrected chi connectivity index (χ3v) is 4.82. The van der Waals surface area contributed by atoms with Gasteiger partial charge in [0.1, 0.15) is 0 Å². The van der Waals surface area contributed by atoms with Gasteiger partial charge in [-0.25, -0.2) is 13.4 Å². The molecule has 0 saturated heterocycles. The summed E-state index contributed by atoms with van der Waals surface area (Å²) in [5.41, 5.74) is 1.88. The molecule has 0 aromatic heterocycles. The number of aliphatic imine (C=N–C) groups is 1. The van der Waals surface area contributed by atoms with Crippen LogP contribution in [0.3, 0.4) is 0 Å². The Balaban J connectivity index is 0.00000676. The fraction of sp³-hybridized carbons (Fsp3) is 0.550. The second kappa shape index (κ2) is 14.0. The van der Waals surface area contributed by atoms with Crippen molar-refractivity contribution in [1.82, 2.24) is 10.2 Å². The lowest BCUT2D eigenvalue weighted by Crippen LogP contribution is -2.39. The van der Waals surface area contributed by atoms with Crippen molar-refractivity contribution >= 4 is 39.8 Å². The maximum absolute atomic E-state index is 11.4. The molecule has 1 rings (SSSR count). The van der Waals surface area contributed by atoms with Crippen LogP contribution in [0.5, 0.6) is 0 Å². The Morgan fingerprint density at radius 3 is 2.37 bits per heavy atom. The Hall–Kier alpha value is -1.09. The Bertz CT molecular complexity index is 673. The van der Waals surface area contributed by atoms with E-state index in [1.54, 1.807) is 0 Å². The summed E-state index contributed by atoms with van der Waals surface area (Å²) in [6, 6.07) is 7.62. The first kappa shape index (κ1) is 25.9. The molecule has 0 amide bonds. The summed E-state index contributed by atoms with van der Waals surface area (Å²) >= 11 is 0. The summed E-state index contributed by atoms with van der Waals surface area (Å²) in [5, 5.41) is 3.33. The van der Waals surface area contributed by atoms with E-state index in [1.807, 2.05) is 30.3 Å². The topological polar surface area (TPSA) is 61.8 Å². The summed E-state index contributed by atoms with van der Waals surface area (Å²) in [6.07, 6.45) is 7.81. The van der Waals surface area contributed by atoms with Crippen LogP contribution in [-0.2, 0) is 22.1 Å². The first-order valence-electron chi connectivity index (χ1n) is 9.21. The fourth-order valence-electron chi connectivity index (χ4n) is 2.60. The molecule has 5 nitrogen and oxygen atoms in total. The van der Waals surface area contributed by atoms with Crippen molar-refractivity contribution in [2.45, 2.75) is 44.9 Å². The third kappa shape index (κ3) is 12.1. The molecule has 0 aliphatic rings. The van der Waals surface area contributed by atoms with Gasteiger partial charge in [0.25, 0.3) is 0 Å². The minimum atomic E-state index is -3.00. The zero-order valence-electron chi connectivity index (χ0n) is 16.8. The number of nitrogens with one attached hydrogen (secondary N) is 1. The predicted octanol–water partition coefficient (Wildman–Crippen LogP) is 3.99. The molecule has 1 aromatic carbocycles. The van der Waals surface area contributed by atoms with E-state index in [1.165, 1.54) is 19.1 Å². The van der Waals surface area contributed by atoms with Crippen molar-refractivity contribution in [3.63, 3.8) is 0 Å². The second-order valence-corrected chi connectivity index (χ2v) is 8.76. The number of hydrogen-bond donors (Lipinski definition) is 1. The molecule has 1 N–H and O–H groups in total.